The molecule has 6 rings (SSSR count). The average molecular weight is 789 g/mol. The molecule has 6 aromatic rings. The molecule has 1 aromatic heterocycles. The predicted molar refractivity (Wildman–Crippen MR) is 213 cm³/mol. The molecule has 0 spiro atoms. The molecule has 0 saturated carbocycles. The Hall–Kier alpha value is -4.23. The van der Waals surface area contributed by atoms with E-state index in [4.69, 9.17) is 9.98 Å². The topological polar surface area (TPSA) is 50.4 Å². The van der Waals surface area contributed by atoms with E-state index in [1.807, 2.05) is 24.4 Å². The fourth-order valence-electron chi connectivity index (χ4n) is 6.41. The van der Waals surface area contributed by atoms with E-state index in [9.17, 15) is 5.11 Å². The number of aromatic nitrogens is 2. The predicted octanol–water partition coefficient (Wildman–Crippen LogP) is 9.20. The van der Waals surface area contributed by atoms with Gasteiger partial charge in [0.05, 0.1) is 0 Å². The van der Waals surface area contributed by atoms with Crippen molar-refractivity contribution in [2.24, 2.45) is 4.99 Å². The molecule has 0 aliphatic carbocycles. The van der Waals surface area contributed by atoms with Crippen LogP contribution in [0, 0.1) is 3.57 Å². The number of aliphatic imine (C=N–C) groups is 1. The first-order valence-electron chi connectivity index (χ1n) is 18.1. The second-order valence-corrected chi connectivity index (χ2v) is 18.9. The average Bonchev–Trinajstić information content (AvgIpc) is 3.49. The molecule has 0 unspecified atom stereocenters. The van der Waals surface area contributed by atoms with Gasteiger partial charge in [-0.3, -0.25) is 0 Å². The van der Waals surface area contributed by atoms with E-state index in [0.29, 0.717) is 11.5 Å². The maximum atomic E-state index is 11.5. The van der Waals surface area contributed by atoms with Gasteiger partial charge in [0.2, 0.25) is 0 Å². The van der Waals surface area contributed by atoms with Gasteiger partial charge in [-0.1, -0.05) is 47.6 Å². The van der Waals surface area contributed by atoms with Crippen molar-refractivity contribution in [1.29, 1.82) is 0 Å². The van der Waals surface area contributed by atoms with Gasteiger partial charge in [0.1, 0.15) is 5.75 Å². The fourth-order valence-corrected chi connectivity index (χ4v) is 8.71. The molecular formula is C46H51IN3O-. The Bertz CT molecular complexity index is 2200. The number of alkyl halides is 1. The maximum absolute atomic E-state index is 11.5. The van der Waals surface area contributed by atoms with E-state index in [2.05, 4.69) is 152 Å². The Kier molecular flexibility index (Phi) is 10.6. The summed E-state index contributed by atoms with van der Waals surface area (Å²) in [5.41, 5.74) is 11.0. The molecule has 1 heterocycles. The molecule has 0 radical (unpaired) electrons. The number of hydrogen-bond donors (Lipinski definition) is 1. The Morgan fingerprint density at radius 2 is 1.51 bits per heavy atom. The summed E-state index contributed by atoms with van der Waals surface area (Å²) in [6.45, 7) is 19.9. The van der Waals surface area contributed by atoms with Crippen molar-refractivity contribution in [2.75, 3.05) is 4.43 Å². The van der Waals surface area contributed by atoms with Gasteiger partial charge in [0, 0.05) is 5.56 Å². The summed E-state index contributed by atoms with van der Waals surface area (Å²) in [6.07, 6.45) is 3.04. The zero-order chi connectivity index (χ0) is 36.5. The summed E-state index contributed by atoms with van der Waals surface area (Å²) in [5.74, 6) is 1.55. The van der Waals surface area contributed by atoms with Crippen LogP contribution in [0.3, 0.4) is 0 Å². The molecule has 0 aliphatic heterocycles. The van der Waals surface area contributed by atoms with Crippen LogP contribution in [0.15, 0.2) is 108 Å². The standard InChI is InChI=1S/C46H51IN3O/c1-10-23-47-35-26-31(30(2)3)24-32(27-35)37-20-16-22-41-42(37)49-44(50(41)36-17-12-11-13-18-36)38-19-14-15-21-40(38)48-29-33-25-34(45(4,5)6)28-39(43(33)51)46(7,8)9/h11-22,24-30,51H,10,23H2,1-9H3/q-1. The zero-order valence-electron chi connectivity index (χ0n) is 31.6. The van der Waals surface area contributed by atoms with Crippen molar-refractivity contribution in [3.05, 3.63) is 129 Å². The Labute approximate surface area is 315 Å². The van der Waals surface area contributed by atoms with Gasteiger partial charge in [0.15, 0.2) is 0 Å². The molecule has 51 heavy (non-hydrogen) atoms. The van der Waals surface area contributed by atoms with Crippen LogP contribution in [-0.4, -0.2) is 25.3 Å². The molecule has 0 amide bonds. The fraction of sp³-hybridized carbons (Fsp3) is 0.304. The van der Waals surface area contributed by atoms with Crippen LogP contribution in [0.5, 0.6) is 5.75 Å². The molecule has 1 N–H and O–H groups in total. The van der Waals surface area contributed by atoms with Gasteiger partial charge >= 0.3 is 230 Å². The molecule has 264 valence electrons. The van der Waals surface area contributed by atoms with Crippen LogP contribution in [0.25, 0.3) is 39.2 Å². The first-order valence-corrected chi connectivity index (χ1v) is 20.7. The number of para-hydroxylation sites is 3. The summed E-state index contributed by atoms with van der Waals surface area (Å²) >= 11 is -0.0515. The number of imidazole rings is 1. The number of hydrogen-bond acceptors (Lipinski definition) is 3. The molecule has 0 atom stereocenters. The van der Waals surface area contributed by atoms with Crippen molar-refractivity contribution in [3.63, 3.8) is 0 Å². The molecule has 0 bridgehead atoms. The first-order chi connectivity index (χ1) is 24.3. The summed E-state index contributed by atoms with van der Waals surface area (Å²) < 4.78 is 5.04. The van der Waals surface area contributed by atoms with Gasteiger partial charge in [0.25, 0.3) is 0 Å². The Balaban J connectivity index is 1.56. The SMILES string of the molecule is CCC[I-]c1cc(-c2cccc3c2nc(-c2ccccc2N=Cc2cc(C(C)(C)C)cc(C(C)(C)C)c2O)n3-c2ccccc2)cc(C(C)C)c1. The van der Waals surface area contributed by atoms with Gasteiger partial charge in [-0.25, -0.2) is 0 Å². The van der Waals surface area contributed by atoms with Crippen LogP contribution >= 0.6 is 0 Å². The Morgan fingerprint density at radius 3 is 2.20 bits per heavy atom. The summed E-state index contributed by atoms with van der Waals surface area (Å²) in [7, 11) is 0. The minimum absolute atomic E-state index is 0.0515. The van der Waals surface area contributed by atoms with E-state index >= 15 is 0 Å². The van der Waals surface area contributed by atoms with Crippen molar-refractivity contribution in [1.82, 2.24) is 9.55 Å². The number of fused-ring (bicyclic) bond motifs is 1. The number of rotatable bonds is 9. The number of phenols is 1. The monoisotopic (exact) mass is 788 g/mol. The minimum atomic E-state index is -0.225. The molecule has 4 nitrogen and oxygen atoms in total. The van der Waals surface area contributed by atoms with Crippen LogP contribution in [0.2, 0.25) is 0 Å². The van der Waals surface area contributed by atoms with Crippen LogP contribution in [-0.2, 0) is 10.8 Å². The number of benzene rings is 5. The number of halogens is 1. The van der Waals surface area contributed by atoms with Crippen molar-refractivity contribution < 1.29 is 26.3 Å². The van der Waals surface area contributed by atoms with Crippen molar-refractivity contribution in [3.8, 4) is 34.0 Å². The van der Waals surface area contributed by atoms with E-state index in [1.54, 1.807) is 0 Å². The van der Waals surface area contributed by atoms with E-state index in [-0.39, 0.29) is 37.8 Å². The third-order valence-electron chi connectivity index (χ3n) is 9.34. The number of aromatic hydroxyl groups is 1. The third kappa shape index (κ3) is 7.84. The van der Waals surface area contributed by atoms with E-state index in [0.717, 1.165) is 44.9 Å². The van der Waals surface area contributed by atoms with Gasteiger partial charge in [-0.2, -0.15) is 0 Å². The molecule has 0 fully saturated rings. The summed E-state index contributed by atoms with van der Waals surface area (Å²) in [4.78, 5) is 10.6. The quantitative estimate of drug-likeness (QED) is 0.0903. The van der Waals surface area contributed by atoms with Crippen molar-refractivity contribution >= 4 is 22.9 Å². The van der Waals surface area contributed by atoms with E-state index < -0.39 is 0 Å². The molecule has 0 aliphatic rings. The molecule has 0 saturated heterocycles. The van der Waals surface area contributed by atoms with Crippen molar-refractivity contribution in [2.45, 2.75) is 85.5 Å². The second-order valence-electron chi connectivity index (χ2n) is 15.8. The molecule has 5 aromatic carbocycles. The van der Waals surface area contributed by atoms with Gasteiger partial charge < -0.3 is 5.11 Å². The van der Waals surface area contributed by atoms with E-state index in [1.165, 1.54) is 31.1 Å². The van der Waals surface area contributed by atoms with Gasteiger partial charge in [-0.15, -0.1) is 0 Å². The molecule has 5 heteroatoms. The summed E-state index contributed by atoms with van der Waals surface area (Å²) in [6, 6.07) is 36.7. The van der Waals surface area contributed by atoms with Crippen LogP contribution < -0.4 is 21.2 Å². The van der Waals surface area contributed by atoms with Crippen LogP contribution in [0.4, 0.5) is 5.69 Å². The zero-order valence-corrected chi connectivity index (χ0v) is 33.7. The van der Waals surface area contributed by atoms with Gasteiger partial charge in [-0.05, 0) is 22.5 Å². The number of nitrogens with zero attached hydrogens (tertiary/aromatic N) is 3. The summed E-state index contributed by atoms with van der Waals surface area (Å²) in [5, 5.41) is 11.5. The third-order valence-corrected chi connectivity index (χ3v) is 12.5. The van der Waals surface area contributed by atoms with Crippen LogP contribution in [0.1, 0.15) is 96.9 Å². The molecular weight excluding hydrogens is 737 g/mol. The Morgan fingerprint density at radius 1 is 0.804 bits per heavy atom. The second kappa shape index (κ2) is 14.8. The number of phenolic OH excluding ortho intramolecular Hbond substituents is 1. The normalized spacial score (nSPS) is 12.5. The first kappa shape index (κ1) is 36.6.